The highest BCUT2D eigenvalue weighted by Crippen LogP contribution is 2.24. The minimum Gasteiger partial charge on any atom is -0.330 e. The Morgan fingerprint density at radius 2 is 1.95 bits per heavy atom. The van der Waals surface area contributed by atoms with E-state index in [1.54, 1.807) is 0 Å². The fourth-order valence-corrected chi connectivity index (χ4v) is 2.98. The van der Waals surface area contributed by atoms with Gasteiger partial charge in [-0.2, -0.15) is 0 Å². The number of nitrogens with two attached hydrogens (primary N) is 1. The number of hydrogen-bond donors (Lipinski definition) is 1. The summed E-state index contributed by atoms with van der Waals surface area (Å²) < 4.78 is 2.33. The summed E-state index contributed by atoms with van der Waals surface area (Å²) in [5.41, 5.74) is 10.2. The molecule has 1 aromatic heterocycles. The first-order valence-corrected chi connectivity index (χ1v) is 7.11. The van der Waals surface area contributed by atoms with Gasteiger partial charge in [0.15, 0.2) is 0 Å². The van der Waals surface area contributed by atoms with E-state index in [0.29, 0.717) is 0 Å². The molecule has 1 aliphatic carbocycles. The van der Waals surface area contributed by atoms with E-state index in [1.807, 2.05) is 18.2 Å². The van der Waals surface area contributed by atoms with Crippen molar-refractivity contribution >= 4 is 0 Å². The van der Waals surface area contributed by atoms with Crippen molar-refractivity contribution in [3.05, 3.63) is 53.1 Å². The molecule has 1 heterocycles. The number of rotatable bonds is 3. The van der Waals surface area contributed by atoms with Crippen molar-refractivity contribution in [2.24, 2.45) is 5.73 Å². The fourth-order valence-electron chi connectivity index (χ4n) is 2.98. The average Bonchev–Trinajstić information content (AvgIpc) is 2.76. The predicted molar refractivity (Wildman–Crippen MR) is 77.0 cm³/mol. The maximum absolute atomic E-state index is 6.34. The second kappa shape index (κ2) is 5.17. The molecule has 0 bridgehead atoms. The van der Waals surface area contributed by atoms with E-state index < -0.39 is 0 Å². The molecule has 100 valence electrons. The van der Waals surface area contributed by atoms with Gasteiger partial charge in [0.2, 0.25) is 0 Å². The van der Waals surface area contributed by atoms with Crippen molar-refractivity contribution < 1.29 is 0 Å². The predicted octanol–water partition coefficient (Wildman–Crippen LogP) is 2.77. The SMILES string of the molecule is Cc1nc2c(n1CC(N)c1ccccc1)CCCC2. The largest absolute Gasteiger partial charge is 0.330 e. The number of benzene rings is 1. The molecule has 0 aliphatic heterocycles. The number of aryl methyl sites for hydroxylation is 2. The van der Waals surface area contributed by atoms with Gasteiger partial charge < -0.3 is 10.3 Å². The molecule has 2 N–H and O–H groups in total. The van der Waals surface area contributed by atoms with E-state index in [-0.39, 0.29) is 6.04 Å². The quantitative estimate of drug-likeness (QED) is 0.916. The lowest BCUT2D eigenvalue weighted by Crippen LogP contribution is -2.20. The molecule has 0 saturated heterocycles. The van der Waals surface area contributed by atoms with Gasteiger partial charge in [0.05, 0.1) is 5.69 Å². The second-order valence-electron chi connectivity index (χ2n) is 5.39. The standard InChI is InChI=1S/C16H21N3/c1-12-18-15-9-5-6-10-16(15)19(12)11-14(17)13-7-3-2-4-8-13/h2-4,7-8,14H,5-6,9-11,17H2,1H3. The van der Waals surface area contributed by atoms with Gasteiger partial charge in [-0.3, -0.25) is 0 Å². The Morgan fingerprint density at radius 3 is 2.74 bits per heavy atom. The molecule has 0 amide bonds. The van der Waals surface area contributed by atoms with Gasteiger partial charge in [-0.25, -0.2) is 4.98 Å². The lowest BCUT2D eigenvalue weighted by atomic mass is 10.0. The third-order valence-electron chi connectivity index (χ3n) is 4.03. The van der Waals surface area contributed by atoms with E-state index in [9.17, 15) is 0 Å². The summed E-state index contributed by atoms with van der Waals surface area (Å²) in [7, 11) is 0. The third-order valence-corrected chi connectivity index (χ3v) is 4.03. The molecule has 1 atom stereocenters. The number of nitrogens with zero attached hydrogens (tertiary/aromatic N) is 2. The van der Waals surface area contributed by atoms with Crippen molar-refractivity contribution in [3.63, 3.8) is 0 Å². The number of imidazole rings is 1. The van der Waals surface area contributed by atoms with Crippen molar-refractivity contribution in [3.8, 4) is 0 Å². The molecule has 3 nitrogen and oxygen atoms in total. The van der Waals surface area contributed by atoms with Crippen LogP contribution in [-0.4, -0.2) is 9.55 Å². The highest BCUT2D eigenvalue weighted by molar-refractivity contribution is 5.22. The summed E-state index contributed by atoms with van der Waals surface area (Å²) in [5.74, 6) is 1.11. The van der Waals surface area contributed by atoms with Gasteiger partial charge in [0, 0.05) is 18.3 Å². The number of fused-ring (bicyclic) bond motifs is 1. The first-order chi connectivity index (χ1) is 9.25. The molecule has 1 aromatic carbocycles. The van der Waals surface area contributed by atoms with Crippen LogP contribution in [-0.2, 0) is 19.4 Å². The van der Waals surface area contributed by atoms with Crippen LogP contribution in [0, 0.1) is 6.92 Å². The van der Waals surface area contributed by atoms with Crippen LogP contribution in [0.25, 0.3) is 0 Å². The molecule has 3 heteroatoms. The topological polar surface area (TPSA) is 43.8 Å². The minimum atomic E-state index is 0.0418. The third kappa shape index (κ3) is 2.43. The molecule has 0 fully saturated rings. The average molecular weight is 255 g/mol. The smallest absolute Gasteiger partial charge is 0.106 e. The van der Waals surface area contributed by atoms with Gasteiger partial charge >= 0.3 is 0 Å². The first-order valence-electron chi connectivity index (χ1n) is 7.11. The van der Waals surface area contributed by atoms with Crippen LogP contribution < -0.4 is 5.73 Å². The summed E-state index contributed by atoms with van der Waals surface area (Å²) in [6.45, 7) is 2.92. The number of hydrogen-bond acceptors (Lipinski definition) is 2. The molecule has 3 rings (SSSR count). The van der Waals surface area contributed by atoms with Crippen LogP contribution in [0.3, 0.4) is 0 Å². The Labute approximate surface area is 114 Å². The zero-order chi connectivity index (χ0) is 13.2. The van der Waals surface area contributed by atoms with Gasteiger partial charge in [0.1, 0.15) is 5.82 Å². The molecular weight excluding hydrogens is 234 g/mol. The van der Waals surface area contributed by atoms with E-state index in [2.05, 4.69) is 23.6 Å². The van der Waals surface area contributed by atoms with E-state index in [1.165, 1.54) is 29.8 Å². The Bertz CT molecular complexity index is 557. The van der Waals surface area contributed by atoms with E-state index in [4.69, 9.17) is 10.7 Å². The fraction of sp³-hybridized carbons (Fsp3) is 0.438. The van der Waals surface area contributed by atoms with Crippen LogP contribution in [0.4, 0.5) is 0 Å². The van der Waals surface area contributed by atoms with Crippen LogP contribution in [0.5, 0.6) is 0 Å². The maximum Gasteiger partial charge on any atom is 0.106 e. The first kappa shape index (κ1) is 12.4. The van der Waals surface area contributed by atoms with Gasteiger partial charge in [-0.05, 0) is 38.2 Å². The monoisotopic (exact) mass is 255 g/mol. The molecule has 0 radical (unpaired) electrons. The molecule has 1 aliphatic rings. The summed E-state index contributed by atoms with van der Waals surface area (Å²) in [5, 5.41) is 0. The zero-order valence-corrected chi connectivity index (χ0v) is 11.5. The lowest BCUT2D eigenvalue weighted by Gasteiger charge is -2.18. The van der Waals surface area contributed by atoms with Crippen LogP contribution in [0.15, 0.2) is 30.3 Å². The van der Waals surface area contributed by atoms with Gasteiger partial charge in [-0.1, -0.05) is 30.3 Å². The minimum absolute atomic E-state index is 0.0418. The summed E-state index contributed by atoms with van der Waals surface area (Å²) in [4.78, 5) is 4.71. The van der Waals surface area contributed by atoms with Crippen molar-refractivity contribution in [2.45, 2.75) is 45.2 Å². The summed E-state index contributed by atoms with van der Waals surface area (Å²) in [6.07, 6.45) is 4.83. The Hall–Kier alpha value is -1.61. The van der Waals surface area contributed by atoms with Crippen LogP contribution in [0.1, 0.15) is 41.7 Å². The van der Waals surface area contributed by atoms with Crippen molar-refractivity contribution in [1.82, 2.24) is 9.55 Å². The zero-order valence-electron chi connectivity index (χ0n) is 11.5. The molecule has 19 heavy (non-hydrogen) atoms. The van der Waals surface area contributed by atoms with E-state index >= 15 is 0 Å². The van der Waals surface area contributed by atoms with Gasteiger partial charge in [-0.15, -0.1) is 0 Å². The second-order valence-corrected chi connectivity index (χ2v) is 5.39. The van der Waals surface area contributed by atoms with Gasteiger partial charge in [0.25, 0.3) is 0 Å². The Morgan fingerprint density at radius 1 is 1.21 bits per heavy atom. The van der Waals surface area contributed by atoms with Crippen LogP contribution >= 0.6 is 0 Å². The lowest BCUT2D eigenvalue weighted by molar-refractivity contribution is 0.532. The van der Waals surface area contributed by atoms with E-state index in [0.717, 1.165) is 25.2 Å². The van der Waals surface area contributed by atoms with Crippen LogP contribution in [0.2, 0.25) is 0 Å². The molecule has 1 unspecified atom stereocenters. The Kier molecular flexibility index (Phi) is 3.38. The molecular formula is C16H21N3. The highest BCUT2D eigenvalue weighted by Gasteiger charge is 2.19. The number of aromatic nitrogens is 2. The Balaban J connectivity index is 1.85. The molecule has 2 aromatic rings. The molecule has 0 spiro atoms. The summed E-state index contributed by atoms with van der Waals surface area (Å²) in [6, 6.07) is 10.4. The maximum atomic E-state index is 6.34. The van der Waals surface area contributed by atoms with Crippen molar-refractivity contribution in [2.75, 3.05) is 0 Å². The highest BCUT2D eigenvalue weighted by atomic mass is 15.1. The normalized spacial score (nSPS) is 16.1. The molecule has 0 saturated carbocycles. The summed E-state index contributed by atoms with van der Waals surface area (Å²) >= 11 is 0. The van der Waals surface area contributed by atoms with Crippen molar-refractivity contribution in [1.29, 1.82) is 0 Å².